The van der Waals surface area contributed by atoms with E-state index in [2.05, 4.69) is 27.0 Å². The number of nitrogens with zero attached hydrogens (tertiary/aromatic N) is 2. The molecule has 0 spiro atoms. The Morgan fingerprint density at radius 3 is 2.59 bits per heavy atom. The number of allylic oxidation sites excluding steroid dienone is 1. The molecule has 2 aromatic rings. The van der Waals surface area contributed by atoms with Gasteiger partial charge >= 0.3 is 0 Å². The Bertz CT molecular complexity index is 583. The van der Waals surface area contributed by atoms with Crippen molar-refractivity contribution in [3.8, 4) is 6.07 Å². The number of rotatable bonds is 2. The van der Waals surface area contributed by atoms with Crippen LogP contribution in [-0.4, -0.2) is 4.98 Å². The first kappa shape index (κ1) is 11.6. The van der Waals surface area contributed by atoms with Crippen LogP contribution in [0.3, 0.4) is 0 Å². The highest BCUT2D eigenvalue weighted by Crippen LogP contribution is 2.21. The molecule has 1 aromatic carbocycles. The van der Waals surface area contributed by atoms with Crippen LogP contribution in [0.2, 0.25) is 0 Å². The Balaban J connectivity index is 2.45. The van der Waals surface area contributed by atoms with Crippen LogP contribution in [0.1, 0.15) is 11.3 Å². The summed E-state index contributed by atoms with van der Waals surface area (Å²) in [5.74, 6) is 0. The van der Waals surface area contributed by atoms with Crippen molar-refractivity contribution < 1.29 is 0 Å². The molecule has 0 bridgehead atoms. The van der Waals surface area contributed by atoms with Gasteiger partial charge in [-0.1, -0.05) is 40.2 Å². The second-order valence-corrected chi connectivity index (χ2v) is 4.26. The molecule has 0 atom stereocenters. The van der Waals surface area contributed by atoms with Gasteiger partial charge < -0.3 is 0 Å². The highest BCUT2D eigenvalue weighted by molar-refractivity contribution is 9.10. The number of benzene rings is 1. The van der Waals surface area contributed by atoms with Crippen LogP contribution in [0.5, 0.6) is 0 Å². The molecule has 17 heavy (non-hydrogen) atoms. The van der Waals surface area contributed by atoms with Crippen LogP contribution < -0.4 is 0 Å². The Morgan fingerprint density at radius 1 is 1.18 bits per heavy atom. The molecule has 2 rings (SSSR count). The van der Waals surface area contributed by atoms with E-state index in [4.69, 9.17) is 5.26 Å². The average molecular weight is 285 g/mol. The molecule has 0 N–H and O–H groups in total. The number of hydrogen-bond acceptors (Lipinski definition) is 2. The Morgan fingerprint density at radius 2 is 1.94 bits per heavy atom. The zero-order chi connectivity index (χ0) is 12.1. The first-order chi connectivity index (χ1) is 8.31. The van der Waals surface area contributed by atoms with E-state index in [1.807, 2.05) is 48.5 Å². The lowest BCUT2D eigenvalue weighted by Crippen LogP contribution is -1.86. The van der Waals surface area contributed by atoms with E-state index in [1.54, 1.807) is 6.20 Å². The molecule has 0 radical (unpaired) electrons. The molecule has 0 saturated heterocycles. The van der Waals surface area contributed by atoms with Crippen LogP contribution in [0.15, 0.2) is 53.1 Å². The topological polar surface area (TPSA) is 36.7 Å². The number of halogens is 1. The van der Waals surface area contributed by atoms with Gasteiger partial charge in [0.05, 0.1) is 11.3 Å². The summed E-state index contributed by atoms with van der Waals surface area (Å²) in [6.07, 6.45) is 3.51. The maximum Gasteiger partial charge on any atom is 0.101 e. The lowest BCUT2D eigenvalue weighted by molar-refractivity contribution is 1.28. The summed E-state index contributed by atoms with van der Waals surface area (Å²) >= 11 is 3.45. The number of aromatic nitrogens is 1. The molecule has 3 heteroatoms. The Labute approximate surface area is 108 Å². The van der Waals surface area contributed by atoms with E-state index in [0.29, 0.717) is 11.3 Å². The summed E-state index contributed by atoms with van der Waals surface area (Å²) in [5, 5.41) is 9.16. The van der Waals surface area contributed by atoms with Gasteiger partial charge in [-0.3, -0.25) is 4.98 Å². The molecular formula is C14H9BrN2. The van der Waals surface area contributed by atoms with Crippen molar-refractivity contribution in [2.24, 2.45) is 0 Å². The van der Waals surface area contributed by atoms with Gasteiger partial charge in [0.1, 0.15) is 6.07 Å². The lowest BCUT2D eigenvalue weighted by atomic mass is 10.1. The van der Waals surface area contributed by atoms with Gasteiger partial charge in [0, 0.05) is 10.7 Å². The Kier molecular flexibility index (Phi) is 3.69. The number of pyridine rings is 1. The molecule has 0 aliphatic rings. The minimum atomic E-state index is 0.553. The van der Waals surface area contributed by atoms with Gasteiger partial charge in [0.15, 0.2) is 0 Å². The second kappa shape index (κ2) is 5.42. The van der Waals surface area contributed by atoms with Crippen molar-refractivity contribution in [3.63, 3.8) is 0 Å². The molecule has 0 unspecified atom stereocenters. The van der Waals surface area contributed by atoms with E-state index in [-0.39, 0.29) is 0 Å². The number of hydrogen-bond donors (Lipinski definition) is 0. The van der Waals surface area contributed by atoms with E-state index in [1.165, 1.54) is 0 Å². The Hall–Kier alpha value is -1.92. The fraction of sp³-hybridized carbons (Fsp3) is 0. The minimum absolute atomic E-state index is 0.553. The van der Waals surface area contributed by atoms with Crippen molar-refractivity contribution in [1.82, 2.24) is 4.98 Å². The lowest BCUT2D eigenvalue weighted by Gasteiger charge is -2.00. The smallest absolute Gasteiger partial charge is 0.101 e. The largest absolute Gasteiger partial charge is 0.256 e. The maximum absolute atomic E-state index is 9.16. The minimum Gasteiger partial charge on any atom is -0.256 e. The van der Waals surface area contributed by atoms with Crippen LogP contribution in [0, 0.1) is 11.3 Å². The normalized spacial score (nSPS) is 10.9. The molecule has 82 valence electrons. The summed E-state index contributed by atoms with van der Waals surface area (Å²) in [4.78, 5) is 4.17. The first-order valence-electron chi connectivity index (χ1n) is 5.09. The fourth-order valence-electron chi connectivity index (χ4n) is 1.43. The quantitative estimate of drug-likeness (QED) is 0.784. The summed E-state index contributed by atoms with van der Waals surface area (Å²) in [6, 6.07) is 15.5. The van der Waals surface area contributed by atoms with E-state index < -0.39 is 0 Å². The van der Waals surface area contributed by atoms with Gasteiger partial charge in [-0.15, -0.1) is 0 Å². The van der Waals surface area contributed by atoms with Crippen LogP contribution >= 0.6 is 15.9 Å². The van der Waals surface area contributed by atoms with Crippen molar-refractivity contribution in [2.75, 3.05) is 0 Å². The van der Waals surface area contributed by atoms with E-state index in [9.17, 15) is 0 Å². The SMILES string of the molecule is N#C/C(=C/c1ccccc1Br)c1ccccn1. The summed E-state index contributed by atoms with van der Waals surface area (Å²) < 4.78 is 0.962. The molecule has 0 aliphatic heterocycles. The summed E-state index contributed by atoms with van der Waals surface area (Å²) in [7, 11) is 0. The highest BCUT2D eigenvalue weighted by Gasteiger charge is 2.02. The van der Waals surface area contributed by atoms with Crippen molar-refractivity contribution >= 4 is 27.6 Å². The van der Waals surface area contributed by atoms with Crippen LogP contribution in [0.4, 0.5) is 0 Å². The van der Waals surface area contributed by atoms with Crippen LogP contribution in [0.25, 0.3) is 11.6 Å². The third-order valence-corrected chi connectivity index (χ3v) is 2.99. The molecule has 1 aromatic heterocycles. The summed E-state index contributed by atoms with van der Waals surface area (Å²) in [5.41, 5.74) is 2.21. The van der Waals surface area contributed by atoms with E-state index in [0.717, 1.165) is 10.0 Å². The van der Waals surface area contributed by atoms with E-state index >= 15 is 0 Å². The van der Waals surface area contributed by atoms with Gasteiger partial charge in [-0.2, -0.15) is 5.26 Å². The zero-order valence-electron chi connectivity index (χ0n) is 8.97. The van der Waals surface area contributed by atoms with Gasteiger partial charge in [-0.05, 0) is 29.8 Å². The summed E-state index contributed by atoms with van der Waals surface area (Å²) in [6.45, 7) is 0. The van der Waals surface area contributed by atoms with Crippen molar-refractivity contribution in [2.45, 2.75) is 0 Å². The van der Waals surface area contributed by atoms with Gasteiger partial charge in [0.2, 0.25) is 0 Å². The van der Waals surface area contributed by atoms with Crippen molar-refractivity contribution in [3.05, 3.63) is 64.4 Å². The third kappa shape index (κ3) is 2.80. The maximum atomic E-state index is 9.16. The molecular weight excluding hydrogens is 276 g/mol. The van der Waals surface area contributed by atoms with Crippen molar-refractivity contribution in [1.29, 1.82) is 5.26 Å². The standard InChI is InChI=1S/C14H9BrN2/c15-13-6-2-1-5-11(13)9-12(10-16)14-7-3-4-8-17-14/h1-9H/b12-9-. The molecule has 1 heterocycles. The second-order valence-electron chi connectivity index (χ2n) is 3.41. The monoisotopic (exact) mass is 284 g/mol. The zero-order valence-corrected chi connectivity index (χ0v) is 10.6. The molecule has 0 amide bonds. The van der Waals surface area contributed by atoms with Crippen LogP contribution in [-0.2, 0) is 0 Å². The highest BCUT2D eigenvalue weighted by atomic mass is 79.9. The predicted octanol–water partition coefficient (Wildman–Crippen LogP) is 3.91. The predicted molar refractivity (Wildman–Crippen MR) is 71.9 cm³/mol. The average Bonchev–Trinajstić information content (AvgIpc) is 2.39. The van der Waals surface area contributed by atoms with Gasteiger partial charge in [-0.25, -0.2) is 0 Å². The molecule has 0 saturated carbocycles. The fourth-order valence-corrected chi connectivity index (χ4v) is 1.83. The van der Waals surface area contributed by atoms with Gasteiger partial charge in [0.25, 0.3) is 0 Å². The molecule has 0 fully saturated rings. The molecule has 2 nitrogen and oxygen atoms in total. The number of nitriles is 1. The third-order valence-electron chi connectivity index (χ3n) is 2.27. The molecule has 0 aliphatic carbocycles. The first-order valence-corrected chi connectivity index (χ1v) is 5.88.